The van der Waals surface area contributed by atoms with E-state index in [0.29, 0.717) is 32.8 Å². The van der Waals surface area contributed by atoms with Crippen molar-refractivity contribution in [1.29, 1.82) is 5.26 Å². The smallest absolute Gasteiger partial charge is 0.266 e. The molecule has 1 saturated heterocycles. The molecule has 0 saturated carbocycles. The van der Waals surface area contributed by atoms with E-state index in [2.05, 4.69) is 10.2 Å². The van der Waals surface area contributed by atoms with E-state index in [9.17, 15) is 10.1 Å². The Morgan fingerprint density at radius 3 is 2.36 bits per heavy atom. The summed E-state index contributed by atoms with van der Waals surface area (Å²) in [5, 5.41) is 12.1. The normalized spacial score (nSPS) is 16.7. The predicted octanol–water partition coefficient (Wildman–Crippen LogP) is 0.157. The van der Waals surface area contributed by atoms with Gasteiger partial charge in [0.2, 0.25) is 0 Å². The topological polar surface area (TPSA) is 77.8 Å². The lowest BCUT2D eigenvalue weighted by Gasteiger charge is -2.32. The van der Waals surface area contributed by atoms with Crippen molar-refractivity contribution < 1.29 is 14.3 Å². The summed E-state index contributed by atoms with van der Waals surface area (Å²) in [6, 6.07) is 1.96. The molecule has 0 aromatic rings. The summed E-state index contributed by atoms with van der Waals surface area (Å²) in [6.07, 6.45) is 1.07. The number of carbonyl (C=O) groups excluding carboxylic acids is 1. The summed E-state index contributed by atoms with van der Waals surface area (Å²) in [7, 11) is 2.02. The molecular weight excluding hydrogens is 284 g/mol. The van der Waals surface area contributed by atoms with Gasteiger partial charge in [0.15, 0.2) is 6.29 Å². The molecule has 7 heteroatoms. The lowest BCUT2D eigenvalue weighted by atomic mass is 10.2. The van der Waals surface area contributed by atoms with Crippen LogP contribution in [0.5, 0.6) is 0 Å². The Balaban J connectivity index is 2.51. The molecule has 1 heterocycles. The van der Waals surface area contributed by atoms with Crippen LogP contribution in [-0.2, 0) is 14.3 Å². The van der Waals surface area contributed by atoms with Gasteiger partial charge >= 0.3 is 0 Å². The number of carbonyl (C=O) groups is 1. The van der Waals surface area contributed by atoms with E-state index in [4.69, 9.17) is 9.47 Å². The molecular formula is C15H26N4O3. The van der Waals surface area contributed by atoms with E-state index in [1.807, 2.05) is 27.0 Å². The highest BCUT2D eigenvalue weighted by Crippen LogP contribution is 2.05. The number of amides is 1. The molecule has 0 bridgehead atoms. The number of hydrogen-bond acceptors (Lipinski definition) is 6. The van der Waals surface area contributed by atoms with E-state index < -0.39 is 0 Å². The van der Waals surface area contributed by atoms with Crippen molar-refractivity contribution in [2.24, 2.45) is 0 Å². The van der Waals surface area contributed by atoms with E-state index in [1.54, 1.807) is 4.90 Å². The maximum absolute atomic E-state index is 12.3. The first-order valence-electron chi connectivity index (χ1n) is 7.67. The van der Waals surface area contributed by atoms with Crippen molar-refractivity contribution in [1.82, 2.24) is 15.1 Å². The van der Waals surface area contributed by atoms with Crippen LogP contribution in [0.3, 0.4) is 0 Å². The summed E-state index contributed by atoms with van der Waals surface area (Å²) in [4.78, 5) is 16.1. The third kappa shape index (κ3) is 6.02. The van der Waals surface area contributed by atoms with Crippen LogP contribution in [0.2, 0.25) is 0 Å². The first kappa shape index (κ1) is 18.4. The van der Waals surface area contributed by atoms with Gasteiger partial charge in [0, 0.05) is 45.6 Å². The van der Waals surface area contributed by atoms with Gasteiger partial charge in [-0.05, 0) is 20.9 Å². The van der Waals surface area contributed by atoms with Crippen LogP contribution in [-0.4, -0.2) is 75.0 Å². The number of nitriles is 1. The number of piperazine rings is 1. The molecule has 0 spiro atoms. The van der Waals surface area contributed by atoms with E-state index in [0.717, 1.165) is 13.1 Å². The van der Waals surface area contributed by atoms with Crippen LogP contribution in [0.25, 0.3) is 0 Å². The van der Waals surface area contributed by atoms with Gasteiger partial charge in [0.1, 0.15) is 11.6 Å². The fraction of sp³-hybridized carbons (Fsp3) is 0.733. The monoisotopic (exact) mass is 310 g/mol. The average molecular weight is 310 g/mol. The summed E-state index contributed by atoms with van der Waals surface area (Å²) in [5.41, 5.74) is 0.108. The van der Waals surface area contributed by atoms with Crippen LogP contribution in [0.15, 0.2) is 11.8 Å². The second-order valence-electron chi connectivity index (χ2n) is 5.01. The second-order valence-corrected chi connectivity index (χ2v) is 5.01. The summed E-state index contributed by atoms with van der Waals surface area (Å²) < 4.78 is 10.8. The molecule has 7 nitrogen and oxygen atoms in total. The zero-order chi connectivity index (χ0) is 16.4. The van der Waals surface area contributed by atoms with Crippen molar-refractivity contribution >= 4 is 5.91 Å². The van der Waals surface area contributed by atoms with Crippen LogP contribution in [0.1, 0.15) is 13.8 Å². The molecule has 0 unspecified atom stereocenters. The van der Waals surface area contributed by atoms with Gasteiger partial charge < -0.3 is 24.6 Å². The van der Waals surface area contributed by atoms with Gasteiger partial charge in [-0.3, -0.25) is 4.79 Å². The number of nitrogens with one attached hydrogen (secondary N) is 1. The van der Waals surface area contributed by atoms with Crippen molar-refractivity contribution in [2.45, 2.75) is 20.1 Å². The maximum Gasteiger partial charge on any atom is 0.266 e. The Morgan fingerprint density at radius 2 is 1.86 bits per heavy atom. The van der Waals surface area contributed by atoms with Crippen LogP contribution >= 0.6 is 0 Å². The van der Waals surface area contributed by atoms with Crippen LogP contribution in [0, 0.1) is 11.3 Å². The van der Waals surface area contributed by atoms with Crippen molar-refractivity contribution in [3.63, 3.8) is 0 Å². The zero-order valence-electron chi connectivity index (χ0n) is 13.7. The van der Waals surface area contributed by atoms with Gasteiger partial charge in [0.05, 0.1) is 6.54 Å². The number of hydrogen-bond donors (Lipinski definition) is 1. The number of likely N-dealkylation sites (N-methyl/N-ethyl adjacent to an activating group) is 1. The SMILES string of the molecule is CCOC(CN/C=C(/C#N)C(=O)N1CCN(C)CC1)OCC. The zero-order valence-corrected chi connectivity index (χ0v) is 13.7. The van der Waals surface area contributed by atoms with Gasteiger partial charge in [-0.2, -0.15) is 5.26 Å². The number of rotatable bonds is 8. The highest BCUT2D eigenvalue weighted by Gasteiger charge is 2.22. The molecule has 1 fully saturated rings. The third-order valence-corrected chi connectivity index (χ3v) is 3.38. The highest BCUT2D eigenvalue weighted by atomic mass is 16.7. The second kappa shape index (κ2) is 10.2. The summed E-state index contributed by atoms with van der Waals surface area (Å²) >= 11 is 0. The first-order valence-corrected chi connectivity index (χ1v) is 7.67. The standard InChI is InChI=1S/C15H26N4O3/c1-4-21-14(22-5-2)12-17-11-13(10-16)15(20)19-8-6-18(3)7-9-19/h11,14,17H,4-9,12H2,1-3H3/b13-11-. The first-order chi connectivity index (χ1) is 10.6. The molecule has 1 N–H and O–H groups in total. The lowest BCUT2D eigenvalue weighted by Crippen LogP contribution is -2.47. The van der Waals surface area contributed by atoms with Crippen molar-refractivity contribution in [2.75, 3.05) is 53.0 Å². The number of ether oxygens (including phenoxy) is 2. The Kier molecular flexibility index (Phi) is 8.51. The van der Waals surface area contributed by atoms with E-state index in [-0.39, 0.29) is 17.8 Å². The molecule has 1 aliphatic heterocycles. The minimum absolute atomic E-state index is 0.108. The molecule has 1 rings (SSSR count). The largest absolute Gasteiger partial charge is 0.385 e. The molecule has 0 aromatic heterocycles. The van der Waals surface area contributed by atoms with Crippen molar-refractivity contribution in [3.05, 3.63) is 11.8 Å². The minimum atomic E-state index is -0.384. The van der Waals surface area contributed by atoms with Gasteiger partial charge in [-0.1, -0.05) is 0 Å². The van der Waals surface area contributed by atoms with Gasteiger partial charge in [0.25, 0.3) is 5.91 Å². The lowest BCUT2D eigenvalue weighted by molar-refractivity contribution is -0.132. The molecule has 1 amide bonds. The third-order valence-electron chi connectivity index (χ3n) is 3.38. The van der Waals surface area contributed by atoms with Crippen LogP contribution in [0.4, 0.5) is 0 Å². The Bertz CT molecular complexity index is 406. The van der Waals surface area contributed by atoms with Gasteiger partial charge in [-0.25, -0.2) is 0 Å². The molecule has 0 aromatic carbocycles. The molecule has 0 radical (unpaired) electrons. The quantitative estimate of drug-likeness (QED) is 0.391. The highest BCUT2D eigenvalue weighted by molar-refractivity contribution is 5.97. The molecule has 1 aliphatic rings. The Morgan fingerprint density at radius 1 is 1.27 bits per heavy atom. The molecule has 0 aliphatic carbocycles. The summed E-state index contributed by atoms with van der Waals surface area (Å²) in [5.74, 6) is -0.229. The molecule has 124 valence electrons. The average Bonchev–Trinajstić information content (AvgIpc) is 2.52. The van der Waals surface area contributed by atoms with E-state index in [1.165, 1.54) is 6.20 Å². The number of nitrogens with zero attached hydrogens (tertiary/aromatic N) is 3. The summed E-state index contributed by atoms with van der Waals surface area (Å²) in [6.45, 7) is 8.21. The fourth-order valence-electron chi connectivity index (χ4n) is 2.12. The van der Waals surface area contributed by atoms with Crippen molar-refractivity contribution in [3.8, 4) is 6.07 Å². The molecule has 22 heavy (non-hydrogen) atoms. The van der Waals surface area contributed by atoms with E-state index >= 15 is 0 Å². The Labute approximate surface area is 132 Å². The van der Waals surface area contributed by atoms with Crippen LogP contribution < -0.4 is 5.32 Å². The maximum atomic E-state index is 12.3. The molecule has 0 atom stereocenters. The van der Waals surface area contributed by atoms with Gasteiger partial charge in [-0.15, -0.1) is 0 Å². The predicted molar refractivity (Wildman–Crippen MR) is 82.8 cm³/mol. The Hall–Kier alpha value is -1.62. The minimum Gasteiger partial charge on any atom is -0.385 e. The fourth-order valence-corrected chi connectivity index (χ4v) is 2.12.